The minimum Gasteiger partial charge on any atom is -0.280 e. The number of benzene rings is 2. The zero-order chi connectivity index (χ0) is 17.1. The summed E-state index contributed by atoms with van der Waals surface area (Å²) in [7, 11) is -5.94. The van der Waals surface area contributed by atoms with Gasteiger partial charge >= 0.3 is 0 Å². The van der Waals surface area contributed by atoms with Crippen LogP contribution in [0.4, 0.5) is 5.69 Å². The first-order chi connectivity index (χ1) is 10.8. The highest BCUT2D eigenvalue weighted by atomic mass is 32.2. The lowest BCUT2D eigenvalue weighted by Gasteiger charge is -2.09. The van der Waals surface area contributed by atoms with E-state index in [0.717, 1.165) is 12.0 Å². The monoisotopic (exact) mass is 354 g/mol. The molecule has 0 saturated carbocycles. The van der Waals surface area contributed by atoms with E-state index in [-0.39, 0.29) is 9.79 Å². The number of anilines is 1. The lowest BCUT2D eigenvalue weighted by atomic mass is 10.2. The van der Waals surface area contributed by atoms with Crippen LogP contribution in [-0.2, 0) is 26.5 Å². The van der Waals surface area contributed by atoms with Crippen LogP contribution in [0.2, 0.25) is 0 Å². The molecule has 2 aromatic rings. The van der Waals surface area contributed by atoms with Crippen LogP contribution in [0.25, 0.3) is 0 Å². The fourth-order valence-electron chi connectivity index (χ4n) is 1.94. The van der Waals surface area contributed by atoms with Crippen molar-refractivity contribution in [1.82, 2.24) is 4.72 Å². The Morgan fingerprint density at radius 1 is 0.783 bits per heavy atom. The standard InChI is InChI=1S/C15H18N2O4S2/c1-3-12-4-8-15(9-5-12)23(20,21)17-13-6-10-14(11-7-13)22(18,19)16-2/h4-11,16-17H,3H2,1-2H3. The van der Waals surface area contributed by atoms with Gasteiger partial charge in [-0.3, -0.25) is 4.72 Å². The Labute approximate surface area is 136 Å². The average Bonchev–Trinajstić information content (AvgIpc) is 2.55. The molecule has 0 atom stereocenters. The molecular weight excluding hydrogens is 336 g/mol. The Bertz CT molecular complexity index is 872. The Balaban J connectivity index is 2.23. The van der Waals surface area contributed by atoms with E-state index in [9.17, 15) is 16.8 Å². The molecule has 0 fully saturated rings. The van der Waals surface area contributed by atoms with Crippen molar-refractivity contribution in [3.63, 3.8) is 0 Å². The molecule has 2 aromatic carbocycles. The number of sulfonamides is 2. The third-order valence-electron chi connectivity index (χ3n) is 3.33. The topological polar surface area (TPSA) is 92.3 Å². The molecule has 23 heavy (non-hydrogen) atoms. The molecule has 2 rings (SSSR count). The van der Waals surface area contributed by atoms with Gasteiger partial charge in [0.05, 0.1) is 9.79 Å². The van der Waals surface area contributed by atoms with Crippen LogP contribution in [0, 0.1) is 0 Å². The van der Waals surface area contributed by atoms with Crippen molar-refractivity contribution in [2.75, 3.05) is 11.8 Å². The van der Waals surface area contributed by atoms with Gasteiger partial charge < -0.3 is 0 Å². The fourth-order valence-corrected chi connectivity index (χ4v) is 3.73. The molecule has 2 N–H and O–H groups in total. The maximum Gasteiger partial charge on any atom is 0.261 e. The summed E-state index contributed by atoms with van der Waals surface area (Å²) in [5.74, 6) is 0. The van der Waals surface area contributed by atoms with E-state index in [1.54, 1.807) is 24.3 Å². The van der Waals surface area contributed by atoms with Gasteiger partial charge in [-0.25, -0.2) is 21.6 Å². The number of nitrogens with one attached hydrogen (secondary N) is 2. The largest absolute Gasteiger partial charge is 0.280 e. The maximum absolute atomic E-state index is 12.3. The number of hydrogen-bond donors (Lipinski definition) is 2. The van der Waals surface area contributed by atoms with Crippen LogP contribution in [-0.4, -0.2) is 23.9 Å². The van der Waals surface area contributed by atoms with E-state index >= 15 is 0 Å². The number of hydrogen-bond acceptors (Lipinski definition) is 4. The predicted octanol–water partition coefficient (Wildman–Crippen LogP) is 1.96. The molecule has 124 valence electrons. The molecule has 0 aliphatic rings. The molecule has 0 saturated heterocycles. The highest BCUT2D eigenvalue weighted by Gasteiger charge is 2.15. The van der Waals surface area contributed by atoms with Gasteiger partial charge in [0.2, 0.25) is 10.0 Å². The molecular formula is C15H18N2O4S2. The predicted molar refractivity (Wildman–Crippen MR) is 89.3 cm³/mol. The first kappa shape index (κ1) is 17.5. The summed E-state index contributed by atoms with van der Waals surface area (Å²) < 4.78 is 52.5. The second-order valence-electron chi connectivity index (χ2n) is 4.83. The minimum atomic E-state index is -3.71. The lowest BCUT2D eigenvalue weighted by molar-refractivity contribution is 0.588. The Hall–Kier alpha value is -1.90. The van der Waals surface area contributed by atoms with Crippen LogP contribution in [0.1, 0.15) is 12.5 Å². The minimum absolute atomic E-state index is 0.0650. The first-order valence-corrected chi connectivity index (χ1v) is 9.90. The Kier molecular flexibility index (Phi) is 5.08. The maximum atomic E-state index is 12.3. The van der Waals surface area contributed by atoms with Crippen molar-refractivity contribution in [3.05, 3.63) is 54.1 Å². The summed E-state index contributed by atoms with van der Waals surface area (Å²) in [5.41, 5.74) is 1.34. The molecule has 0 aromatic heterocycles. The van der Waals surface area contributed by atoms with Crippen molar-refractivity contribution in [2.24, 2.45) is 0 Å². The second kappa shape index (κ2) is 6.69. The Morgan fingerprint density at radius 3 is 1.74 bits per heavy atom. The smallest absolute Gasteiger partial charge is 0.261 e. The molecule has 0 aliphatic carbocycles. The van der Waals surface area contributed by atoms with Gasteiger partial charge in [0.1, 0.15) is 0 Å². The summed E-state index contributed by atoms with van der Waals surface area (Å²) in [5, 5.41) is 0. The van der Waals surface area contributed by atoms with E-state index in [4.69, 9.17) is 0 Å². The molecule has 0 radical (unpaired) electrons. The second-order valence-corrected chi connectivity index (χ2v) is 8.40. The zero-order valence-electron chi connectivity index (χ0n) is 12.8. The van der Waals surface area contributed by atoms with Crippen LogP contribution < -0.4 is 9.44 Å². The van der Waals surface area contributed by atoms with Gasteiger partial charge in [0, 0.05) is 5.69 Å². The van der Waals surface area contributed by atoms with Crippen molar-refractivity contribution in [1.29, 1.82) is 0 Å². The summed E-state index contributed by atoms with van der Waals surface area (Å²) in [4.78, 5) is 0.219. The van der Waals surface area contributed by atoms with E-state index < -0.39 is 20.0 Å². The van der Waals surface area contributed by atoms with Crippen LogP contribution in [0.15, 0.2) is 58.3 Å². The number of aryl methyl sites for hydroxylation is 1. The van der Waals surface area contributed by atoms with E-state index in [0.29, 0.717) is 5.69 Å². The van der Waals surface area contributed by atoms with Crippen molar-refractivity contribution in [2.45, 2.75) is 23.1 Å². The van der Waals surface area contributed by atoms with Gasteiger partial charge in [-0.1, -0.05) is 19.1 Å². The first-order valence-electron chi connectivity index (χ1n) is 6.94. The van der Waals surface area contributed by atoms with Crippen molar-refractivity contribution >= 4 is 25.7 Å². The molecule has 0 aliphatic heterocycles. The van der Waals surface area contributed by atoms with Gasteiger partial charge in [-0.2, -0.15) is 0 Å². The highest BCUT2D eigenvalue weighted by molar-refractivity contribution is 7.92. The third-order valence-corrected chi connectivity index (χ3v) is 6.15. The Morgan fingerprint density at radius 2 is 1.26 bits per heavy atom. The molecule has 0 amide bonds. The van der Waals surface area contributed by atoms with Gasteiger partial charge in [0.25, 0.3) is 10.0 Å². The van der Waals surface area contributed by atoms with Gasteiger partial charge in [-0.05, 0) is 55.4 Å². The molecule has 0 heterocycles. The van der Waals surface area contributed by atoms with E-state index in [1.807, 2.05) is 6.92 Å². The highest BCUT2D eigenvalue weighted by Crippen LogP contribution is 2.19. The third kappa shape index (κ3) is 4.10. The van der Waals surface area contributed by atoms with Gasteiger partial charge in [0.15, 0.2) is 0 Å². The van der Waals surface area contributed by atoms with Gasteiger partial charge in [-0.15, -0.1) is 0 Å². The van der Waals surface area contributed by atoms with Crippen molar-refractivity contribution in [3.8, 4) is 0 Å². The molecule has 0 bridgehead atoms. The summed E-state index contributed by atoms with van der Waals surface area (Å²) in [6, 6.07) is 12.1. The molecule has 6 nitrogen and oxygen atoms in total. The van der Waals surface area contributed by atoms with Crippen molar-refractivity contribution < 1.29 is 16.8 Å². The fraction of sp³-hybridized carbons (Fsp3) is 0.200. The molecule has 0 spiro atoms. The van der Waals surface area contributed by atoms with E-state index in [2.05, 4.69) is 9.44 Å². The zero-order valence-corrected chi connectivity index (χ0v) is 14.4. The molecule has 0 unspecified atom stereocenters. The average molecular weight is 354 g/mol. The summed E-state index contributed by atoms with van der Waals surface area (Å²) in [6.07, 6.45) is 0.829. The summed E-state index contributed by atoms with van der Waals surface area (Å²) in [6.45, 7) is 1.99. The quantitative estimate of drug-likeness (QED) is 0.829. The normalized spacial score (nSPS) is 12.1. The molecule has 8 heteroatoms. The van der Waals surface area contributed by atoms with Crippen LogP contribution in [0.5, 0.6) is 0 Å². The lowest BCUT2D eigenvalue weighted by Crippen LogP contribution is -2.18. The van der Waals surface area contributed by atoms with Crippen LogP contribution in [0.3, 0.4) is 0 Å². The van der Waals surface area contributed by atoms with Crippen LogP contribution >= 0.6 is 0 Å². The summed E-state index contributed by atoms with van der Waals surface area (Å²) >= 11 is 0. The number of rotatable bonds is 6. The SMILES string of the molecule is CCc1ccc(S(=O)(=O)Nc2ccc(S(=O)(=O)NC)cc2)cc1. The van der Waals surface area contributed by atoms with E-state index in [1.165, 1.54) is 31.3 Å².